The van der Waals surface area contributed by atoms with E-state index in [1.165, 1.54) is 26.2 Å². The van der Waals surface area contributed by atoms with Crippen molar-refractivity contribution in [2.45, 2.75) is 12.3 Å². The van der Waals surface area contributed by atoms with Crippen molar-refractivity contribution in [1.82, 2.24) is 5.32 Å². The SMILES string of the molecule is C[NH+]1CC[NH+](CCCNC(=O)C2c3ccccc3Oc3ccccc32)CC1. The summed E-state index contributed by atoms with van der Waals surface area (Å²) in [6.07, 6.45) is 1.02. The number of carbonyl (C=O) groups excluding carboxylic acids is 1. The van der Waals surface area contributed by atoms with E-state index in [0.29, 0.717) is 0 Å². The van der Waals surface area contributed by atoms with Crippen LogP contribution in [0.4, 0.5) is 0 Å². The van der Waals surface area contributed by atoms with Crippen molar-refractivity contribution in [2.75, 3.05) is 46.3 Å². The molecule has 0 unspecified atom stereocenters. The molecule has 2 aliphatic rings. The van der Waals surface area contributed by atoms with E-state index in [0.717, 1.165) is 42.1 Å². The molecular weight excluding hydrogens is 338 g/mol. The minimum atomic E-state index is -0.300. The van der Waals surface area contributed by atoms with Crippen molar-refractivity contribution in [3.05, 3.63) is 59.7 Å². The number of likely N-dealkylation sites (N-methyl/N-ethyl adjacent to an activating group) is 1. The predicted molar refractivity (Wildman–Crippen MR) is 105 cm³/mol. The maximum atomic E-state index is 13.0. The van der Waals surface area contributed by atoms with Crippen LogP contribution in [-0.2, 0) is 4.79 Å². The maximum absolute atomic E-state index is 13.0. The molecule has 0 atom stereocenters. The molecule has 2 aliphatic heterocycles. The number of rotatable bonds is 5. The van der Waals surface area contributed by atoms with Crippen molar-refractivity contribution >= 4 is 5.91 Å². The molecule has 5 nitrogen and oxygen atoms in total. The second-order valence-corrected chi connectivity index (χ2v) is 7.71. The molecule has 2 heterocycles. The lowest BCUT2D eigenvalue weighted by molar-refractivity contribution is -1.00. The molecule has 5 heteroatoms. The monoisotopic (exact) mass is 367 g/mol. The van der Waals surface area contributed by atoms with E-state index in [1.54, 1.807) is 9.80 Å². The van der Waals surface area contributed by atoms with Crippen LogP contribution >= 0.6 is 0 Å². The minimum absolute atomic E-state index is 0.0658. The quantitative estimate of drug-likeness (QED) is 0.644. The Bertz CT molecular complexity index is 754. The molecule has 0 saturated carbocycles. The molecule has 0 aromatic heterocycles. The van der Waals surface area contributed by atoms with Gasteiger partial charge in [0.25, 0.3) is 0 Å². The minimum Gasteiger partial charge on any atom is -0.457 e. The third-order valence-corrected chi connectivity index (χ3v) is 5.76. The Morgan fingerprint density at radius 3 is 2.22 bits per heavy atom. The Balaban J connectivity index is 1.38. The van der Waals surface area contributed by atoms with E-state index in [4.69, 9.17) is 4.74 Å². The summed E-state index contributed by atoms with van der Waals surface area (Å²) in [6, 6.07) is 15.7. The van der Waals surface area contributed by atoms with Crippen molar-refractivity contribution in [2.24, 2.45) is 0 Å². The van der Waals surface area contributed by atoms with Crippen LogP contribution in [0.1, 0.15) is 23.5 Å². The summed E-state index contributed by atoms with van der Waals surface area (Å²) < 4.78 is 5.99. The van der Waals surface area contributed by atoms with Gasteiger partial charge in [-0.25, -0.2) is 0 Å². The Labute approximate surface area is 160 Å². The third kappa shape index (κ3) is 3.99. The Kier molecular flexibility index (Phi) is 5.41. The predicted octanol–water partition coefficient (Wildman–Crippen LogP) is -0.156. The third-order valence-electron chi connectivity index (χ3n) is 5.76. The number of hydrogen-bond acceptors (Lipinski definition) is 2. The zero-order valence-electron chi connectivity index (χ0n) is 16.0. The van der Waals surface area contributed by atoms with Gasteiger partial charge < -0.3 is 19.9 Å². The maximum Gasteiger partial charge on any atom is 0.232 e. The van der Waals surface area contributed by atoms with Crippen LogP contribution in [0.15, 0.2) is 48.5 Å². The zero-order chi connectivity index (χ0) is 18.6. The van der Waals surface area contributed by atoms with Gasteiger partial charge in [-0.3, -0.25) is 4.79 Å². The van der Waals surface area contributed by atoms with Crippen LogP contribution in [-0.4, -0.2) is 52.2 Å². The Morgan fingerprint density at radius 1 is 1.00 bits per heavy atom. The number of ether oxygens (including phenoxy) is 1. The Morgan fingerprint density at radius 2 is 1.59 bits per heavy atom. The molecule has 142 valence electrons. The molecule has 0 spiro atoms. The topological polar surface area (TPSA) is 47.2 Å². The average Bonchev–Trinajstić information content (AvgIpc) is 2.70. The van der Waals surface area contributed by atoms with Gasteiger partial charge in [0.1, 0.15) is 37.7 Å². The molecule has 0 aliphatic carbocycles. The Hall–Kier alpha value is -2.37. The first-order chi connectivity index (χ1) is 13.2. The summed E-state index contributed by atoms with van der Waals surface area (Å²) in [5, 5.41) is 3.17. The van der Waals surface area contributed by atoms with Gasteiger partial charge in [-0.05, 0) is 12.1 Å². The molecular formula is C22H29N3O2+2. The van der Waals surface area contributed by atoms with Gasteiger partial charge in [0, 0.05) is 24.1 Å². The van der Waals surface area contributed by atoms with Crippen LogP contribution in [0.5, 0.6) is 11.5 Å². The van der Waals surface area contributed by atoms with Crippen LogP contribution in [0.2, 0.25) is 0 Å². The highest BCUT2D eigenvalue weighted by atomic mass is 16.5. The fraction of sp³-hybridized carbons (Fsp3) is 0.409. The van der Waals surface area contributed by atoms with Gasteiger partial charge in [-0.1, -0.05) is 36.4 Å². The summed E-state index contributed by atoms with van der Waals surface area (Å²) in [4.78, 5) is 16.3. The molecule has 2 aromatic carbocycles. The van der Waals surface area contributed by atoms with E-state index in [9.17, 15) is 4.79 Å². The summed E-state index contributed by atoms with van der Waals surface area (Å²) in [5.74, 6) is 1.32. The number of quaternary nitrogens is 2. The average molecular weight is 367 g/mol. The lowest BCUT2D eigenvalue weighted by atomic mass is 9.87. The van der Waals surface area contributed by atoms with Crippen molar-refractivity contribution in [3.8, 4) is 11.5 Å². The molecule has 3 N–H and O–H groups in total. The zero-order valence-corrected chi connectivity index (χ0v) is 16.0. The fourth-order valence-electron chi connectivity index (χ4n) is 4.12. The highest BCUT2D eigenvalue weighted by molar-refractivity contribution is 5.89. The van der Waals surface area contributed by atoms with Gasteiger partial charge in [-0.2, -0.15) is 0 Å². The number of para-hydroxylation sites is 2. The first-order valence-electron chi connectivity index (χ1n) is 10.0. The largest absolute Gasteiger partial charge is 0.457 e. The first kappa shape index (κ1) is 18.0. The fourth-order valence-corrected chi connectivity index (χ4v) is 4.12. The van der Waals surface area contributed by atoms with Crippen LogP contribution in [0, 0.1) is 0 Å². The van der Waals surface area contributed by atoms with Crippen molar-refractivity contribution in [3.63, 3.8) is 0 Å². The summed E-state index contributed by atoms with van der Waals surface area (Å²) >= 11 is 0. The van der Waals surface area contributed by atoms with E-state index < -0.39 is 0 Å². The van der Waals surface area contributed by atoms with Crippen molar-refractivity contribution in [1.29, 1.82) is 0 Å². The first-order valence-corrected chi connectivity index (χ1v) is 10.0. The lowest BCUT2D eigenvalue weighted by Gasteiger charge is -2.28. The number of hydrogen-bond donors (Lipinski definition) is 3. The standard InChI is InChI=1S/C22H27N3O2/c1-24-13-15-25(16-14-24)12-6-11-23-22(26)21-17-7-2-4-9-19(17)27-20-10-5-3-8-18(20)21/h2-5,7-10,21H,6,11-16H2,1H3,(H,23,26)/p+2. The van der Waals surface area contributed by atoms with Crippen LogP contribution in [0.25, 0.3) is 0 Å². The normalized spacial score (nSPS) is 21.7. The van der Waals surface area contributed by atoms with E-state index >= 15 is 0 Å². The number of fused-ring (bicyclic) bond motifs is 2. The van der Waals surface area contributed by atoms with Crippen molar-refractivity contribution < 1.29 is 19.3 Å². The molecule has 0 bridgehead atoms. The highest BCUT2D eigenvalue weighted by Gasteiger charge is 2.32. The number of nitrogens with one attached hydrogen (secondary N) is 3. The number of carbonyl (C=O) groups is 1. The molecule has 1 fully saturated rings. The van der Waals surface area contributed by atoms with Crippen LogP contribution < -0.4 is 19.9 Å². The van der Waals surface area contributed by atoms with Gasteiger partial charge >= 0.3 is 0 Å². The molecule has 2 aromatic rings. The van der Waals surface area contributed by atoms with Gasteiger partial charge in [0.15, 0.2) is 0 Å². The summed E-state index contributed by atoms with van der Waals surface area (Å²) in [7, 11) is 2.26. The van der Waals surface area contributed by atoms with Gasteiger partial charge in [-0.15, -0.1) is 0 Å². The van der Waals surface area contributed by atoms with Crippen LogP contribution in [0.3, 0.4) is 0 Å². The van der Waals surface area contributed by atoms with Gasteiger partial charge in [0.2, 0.25) is 5.91 Å². The molecule has 4 rings (SSSR count). The van der Waals surface area contributed by atoms with E-state index in [1.807, 2.05) is 48.5 Å². The molecule has 1 amide bonds. The highest BCUT2D eigenvalue weighted by Crippen LogP contribution is 2.43. The lowest BCUT2D eigenvalue weighted by Crippen LogP contribution is -3.27. The number of amides is 1. The smallest absolute Gasteiger partial charge is 0.232 e. The van der Waals surface area contributed by atoms with E-state index in [2.05, 4.69) is 12.4 Å². The molecule has 0 radical (unpaired) electrons. The second kappa shape index (κ2) is 8.11. The van der Waals surface area contributed by atoms with E-state index in [-0.39, 0.29) is 11.8 Å². The molecule has 1 saturated heterocycles. The number of benzene rings is 2. The summed E-state index contributed by atoms with van der Waals surface area (Å²) in [6.45, 7) is 6.83. The second-order valence-electron chi connectivity index (χ2n) is 7.71. The molecule has 27 heavy (non-hydrogen) atoms. The van der Waals surface area contributed by atoms with Gasteiger partial charge in [0.05, 0.1) is 19.5 Å². The number of piperazine rings is 1. The summed E-state index contributed by atoms with van der Waals surface area (Å²) in [5.41, 5.74) is 1.89.